The van der Waals surface area contributed by atoms with Gasteiger partial charge in [0.1, 0.15) is 10.7 Å². The maximum Gasteiger partial charge on any atom is 0.433 e. The maximum absolute atomic E-state index is 12.9. The molecule has 0 saturated heterocycles. The first-order chi connectivity index (χ1) is 12.9. The Hall–Kier alpha value is -4.09. The molecule has 2 aromatic heterocycles. The van der Waals surface area contributed by atoms with E-state index in [0.29, 0.717) is 11.4 Å². The van der Waals surface area contributed by atoms with Crippen LogP contribution in [-0.4, -0.2) is 32.1 Å². The van der Waals surface area contributed by atoms with E-state index in [4.69, 9.17) is 4.42 Å². The number of rotatable bonds is 6. The van der Waals surface area contributed by atoms with Crippen molar-refractivity contribution < 1.29 is 18.5 Å². The van der Waals surface area contributed by atoms with Crippen molar-refractivity contribution in [2.75, 3.05) is 5.43 Å². The molecule has 0 radical (unpaired) electrons. The fourth-order valence-corrected chi connectivity index (χ4v) is 2.01. The van der Waals surface area contributed by atoms with E-state index in [-0.39, 0.29) is 17.3 Å². The van der Waals surface area contributed by atoms with Crippen LogP contribution >= 0.6 is 0 Å². The predicted molar refractivity (Wildman–Crippen MR) is 90.6 cm³/mol. The number of hydrogen-bond donors (Lipinski definition) is 2. The monoisotopic (exact) mass is 373 g/mol. The summed E-state index contributed by atoms with van der Waals surface area (Å²) in [5, 5.41) is 21.7. The number of anilines is 1. The molecule has 2 N–H and O–H groups in total. The third-order valence-corrected chi connectivity index (χ3v) is 3.34. The van der Waals surface area contributed by atoms with Gasteiger partial charge in [-0.3, -0.25) is 20.3 Å². The molecule has 2 heterocycles. The molecule has 138 valence electrons. The van der Waals surface area contributed by atoms with Gasteiger partial charge in [0.05, 0.1) is 23.7 Å². The number of furan rings is 1. The first kappa shape index (κ1) is 17.7. The maximum atomic E-state index is 12.9. The standard InChI is InChI=1S/C15H12FN7O4/c1-9-14(18-21-22(9)20-11-4-2-10(16)3-5-11)15(24)19-17-8-12-6-7-13(27-12)23(25)26/h2-8,20H,1H3,(H,19,24)/b17-8+. The lowest BCUT2D eigenvalue weighted by molar-refractivity contribution is -0.402. The first-order valence-corrected chi connectivity index (χ1v) is 7.46. The summed E-state index contributed by atoms with van der Waals surface area (Å²) in [6, 6.07) is 8.06. The molecule has 0 unspecified atom stereocenters. The molecule has 1 aromatic carbocycles. The fourth-order valence-electron chi connectivity index (χ4n) is 2.01. The molecule has 3 aromatic rings. The molecule has 0 bridgehead atoms. The van der Waals surface area contributed by atoms with Crippen LogP contribution in [0.3, 0.4) is 0 Å². The SMILES string of the molecule is Cc1c(C(=O)N/N=C/c2ccc([N+](=O)[O-])o2)nnn1Nc1ccc(F)cc1. The number of carbonyl (C=O) groups is 1. The third kappa shape index (κ3) is 4.12. The van der Waals surface area contributed by atoms with Crippen molar-refractivity contribution in [3.05, 3.63) is 69.5 Å². The molecule has 0 aliphatic rings. The largest absolute Gasteiger partial charge is 0.433 e. The predicted octanol–water partition coefficient (Wildman–Crippen LogP) is 1.87. The minimum Gasteiger partial charge on any atom is -0.400 e. The minimum absolute atomic E-state index is 0.00665. The van der Waals surface area contributed by atoms with Crippen LogP contribution < -0.4 is 10.9 Å². The summed E-state index contributed by atoms with van der Waals surface area (Å²) in [4.78, 5) is 23.2. The zero-order valence-corrected chi connectivity index (χ0v) is 13.8. The highest BCUT2D eigenvalue weighted by Gasteiger charge is 2.16. The second kappa shape index (κ2) is 7.43. The number of nitrogens with zero attached hydrogens (tertiary/aromatic N) is 5. The van der Waals surface area contributed by atoms with E-state index in [9.17, 15) is 19.3 Å². The van der Waals surface area contributed by atoms with E-state index in [1.807, 2.05) is 0 Å². The van der Waals surface area contributed by atoms with Crippen molar-refractivity contribution in [3.63, 3.8) is 0 Å². The van der Waals surface area contributed by atoms with Gasteiger partial charge in [-0.05, 0) is 42.5 Å². The van der Waals surface area contributed by atoms with Crippen LogP contribution in [0.1, 0.15) is 21.9 Å². The number of nitro groups is 1. The van der Waals surface area contributed by atoms with Crippen LogP contribution in [0.5, 0.6) is 0 Å². The van der Waals surface area contributed by atoms with Crippen molar-refractivity contribution >= 4 is 23.7 Å². The summed E-state index contributed by atoms with van der Waals surface area (Å²) >= 11 is 0. The van der Waals surface area contributed by atoms with Gasteiger partial charge in [0.25, 0.3) is 5.91 Å². The van der Waals surface area contributed by atoms with Gasteiger partial charge in [-0.15, -0.1) is 5.10 Å². The van der Waals surface area contributed by atoms with Gasteiger partial charge >= 0.3 is 5.88 Å². The van der Waals surface area contributed by atoms with E-state index < -0.39 is 16.7 Å². The van der Waals surface area contributed by atoms with Crippen molar-refractivity contribution in [3.8, 4) is 0 Å². The molecule has 0 saturated carbocycles. The van der Waals surface area contributed by atoms with Crippen molar-refractivity contribution in [2.45, 2.75) is 6.92 Å². The van der Waals surface area contributed by atoms with E-state index in [2.05, 4.69) is 26.3 Å². The minimum atomic E-state index is -0.689. The van der Waals surface area contributed by atoms with Crippen molar-refractivity contribution in [2.24, 2.45) is 5.10 Å². The Morgan fingerprint density at radius 1 is 1.33 bits per heavy atom. The van der Waals surface area contributed by atoms with Crippen LogP contribution in [-0.2, 0) is 0 Å². The van der Waals surface area contributed by atoms with Crippen LogP contribution in [0.25, 0.3) is 0 Å². The Labute approximate surface area is 150 Å². The zero-order valence-electron chi connectivity index (χ0n) is 13.8. The van der Waals surface area contributed by atoms with Crippen molar-refractivity contribution in [1.82, 2.24) is 20.5 Å². The van der Waals surface area contributed by atoms with Gasteiger partial charge < -0.3 is 4.42 Å². The highest BCUT2D eigenvalue weighted by atomic mass is 19.1. The molecule has 0 aliphatic carbocycles. The lowest BCUT2D eigenvalue weighted by Gasteiger charge is -2.06. The highest BCUT2D eigenvalue weighted by molar-refractivity contribution is 5.93. The van der Waals surface area contributed by atoms with Crippen molar-refractivity contribution in [1.29, 1.82) is 0 Å². The lowest BCUT2D eigenvalue weighted by Crippen LogP contribution is -2.20. The van der Waals surface area contributed by atoms with Gasteiger partial charge in [0.15, 0.2) is 11.5 Å². The molecular formula is C15H12FN7O4. The second-order valence-corrected chi connectivity index (χ2v) is 5.19. The molecular weight excluding hydrogens is 361 g/mol. The number of aromatic nitrogens is 3. The number of amides is 1. The van der Waals surface area contributed by atoms with Crippen LogP contribution in [0.2, 0.25) is 0 Å². The summed E-state index contributed by atoms with van der Waals surface area (Å²) in [7, 11) is 0. The normalized spacial score (nSPS) is 10.9. The Morgan fingerprint density at radius 3 is 2.74 bits per heavy atom. The summed E-state index contributed by atoms with van der Waals surface area (Å²) in [5.41, 5.74) is 6.01. The van der Waals surface area contributed by atoms with Crippen LogP contribution in [0.15, 0.2) is 45.9 Å². The topological polar surface area (TPSA) is 140 Å². The molecule has 11 nitrogen and oxygen atoms in total. The average Bonchev–Trinajstić information content (AvgIpc) is 3.25. The summed E-state index contributed by atoms with van der Waals surface area (Å²) in [6.45, 7) is 1.60. The summed E-state index contributed by atoms with van der Waals surface area (Å²) in [6.07, 6.45) is 1.11. The highest BCUT2D eigenvalue weighted by Crippen LogP contribution is 2.14. The van der Waals surface area contributed by atoms with Crippen LogP contribution in [0, 0.1) is 22.9 Å². The molecule has 12 heteroatoms. The number of hydrazone groups is 1. The first-order valence-electron chi connectivity index (χ1n) is 7.46. The number of nitrogens with one attached hydrogen (secondary N) is 2. The average molecular weight is 373 g/mol. The molecule has 0 fully saturated rings. The molecule has 0 spiro atoms. The van der Waals surface area contributed by atoms with E-state index in [0.717, 1.165) is 6.21 Å². The molecule has 1 amide bonds. The van der Waals surface area contributed by atoms with Gasteiger partial charge in [-0.2, -0.15) is 9.89 Å². The smallest absolute Gasteiger partial charge is 0.400 e. The Balaban J connectivity index is 1.64. The summed E-state index contributed by atoms with van der Waals surface area (Å²) in [5.74, 6) is -1.36. The number of hydrogen-bond acceptors (Lipinski definition) is 8. The second-order valence-electron chi connectivity index (χ2n) is 5.19. The van der Waals surface area contributed by atoms with Crippen LogP contribution in [0.4, 0.5) is 16.0 Å². The Kier molecular flexibility index (Phi) is 4.88. The van der Waals surface area contributed by atoms with E-state index in [1.165, 1.54) is 41.2 Å². The van der Waals surface area contributed by atoms with Gasteiger partial charge in [0.2, 0.25) is 0 Å². The summed E-state index contributed by atoms with van der Waals surface area (Å²) < 4.78 is 17.8. The molecule has 27 heavy (non-hydrogen) atoms. The van der Waals surface area contributed by atoms with E-state index >= 15 is 0 Å². The Morgan fingerprint density at radius 2 is 2.07 bits per heavy atom. The quantitative estimate of drug-likeness (QED) is 0.382. The lowest BCUT2D eigenvalue weighted by atomic mass is 10.3. The fraction of sp³-hybridized carbons (Fsp3) is 0.0667. The Bertz CT molecular complexity index is 1010. The number of carbonyl (C=O) groups excluding carboxylic acids is 1. The zero-order chi connectivity index (χ0) is 19.4. The molecule has 0 aliphatic heterocycles. The van der Waals surface area contributed by atoms with Gasteiger partial charge in [-0.1, -0.05) is 0 Å². The van der Waals surface area contributed by atoms with Gasteiger partial charge in [0, 0.05) is 0 Å². The van der Waals surface area contributed by atoms with E-state index in [1.54, 1.807) is 6.92 Å². The van der Waals surface area contributed by atoms with Gasteiger partial charge in [-0.25, -0.2) is 9.82 Å². The number of halogens is 1. The molecule has 3 rings (SSSR count). The number of benzene rings is 1. The molecule has 0 atom stereocenters. The third-order valence-electron chi connectivity index (χ3n) is 3.34.